The molecular weight excluding hydrogens is 266 g/mol. The highest BCUT2D eigenvalue weighted by atomic mass is 32.2. The highest BCUT2D eigenvalue weighted by Gasteiger charge is 2.50. The number of allylic oxidation sites excluding steroid dienone is 1. The van der Waals surface area contributed by atoms with E-state index in [1.54, 1.807) is 6.92 Å². The lowest BCUT2D eigenvalue weighted by Gasteiger charge is -2.44. The van der Waals surface area contributed by atoms with E-state index in [-0.39, 0.29) is 17.9 Å². The topological polar surface area (TPSA) is 63.7 Å². The fourth-order valence-corrected chi connectivity index (χ4v) is 3.77. The summed E-state index contributed by atoms with van der Waals surface area (Å²) in [7, 11) is -3.72. The molecule has 1 heterocycles. The van der Waals surface area contributed by atoms with Crippen molar-refractivity contribution in [3.63, 3.8) is 0 Å². The van der Waals surface area contributed by atoms with E-state index in [0.29, 0.717) is 6.61 Å². The minimum absolute atomic E-state index is 0.174. The molecular formula is C13H19NO4S. The minimum Gasteiger partial charge on any atom is -0.501 e. The van der Waals surface area contributed by atoms with Gasteiger partial charge in [0.1, 0.15) is 0 Å². The molecule has 2 aliphatic rings. The Morgan fingerprint density at radius 2 is 2.26 bits per heavy atom. The number of fused-ring (bicyclic) bond motifs is 1. The SMILES string of the molecule is CCO/C=C/S(=O)(=O)N1C(=O)C2CCCC/C=C\C21. The number of sulfonamides is 1. The van der Waals surface area contributed by atoms with Gasteiger partial charge in [0.15, 0.2) is 0 Å². The maximum atomic E-state index is 12.1. The summed E-state index contributed by atoms with van der Waals surface area (Å²) < 4.78 is 30.0. The summed E-state index contributed by atoms with van der Waals surface area (Å²) in [6.45, 7) is 2.16. The van der Waals surface area contributed by atoms with Crippen LogP contribution in [0.5, 0.6) is 0 Å². The molecule has 1 aliphatic heterocycles. The van der Waals surface area contributed by atoms with Crippen molar-refractivity contribution in [1.82, 2.24) is 4.31 Å². The lowest BCUT2D eigenvalue weighted by atomic mass is 9.84. The van der Waals surface area contributed by atoms with Crippen molar-refractivity contribution in [2.24, 2.45) is 5.92 Å². The molecule has 0 spiro atoms. The van der Waals surface area contributed by atoms with Crippen molar-refractivity contribution in [3.8, 4) is 0 Å². The Hall–Kier alpha value is -1.30. The molecule has 5 nitrogen and oxygen atoms in total. The van der Waals surface area contributed by atoms with Gasteiger partial charge in [-0.2, -0.15) is 0 Å². The van der Waals surface area contributed by atoms with Crippen LogP contribution in [0.4, 0.5) is 0 Å². The van der Waals surface area contributed by atoms with E-state index >= 15 is 0 Å². The average molecular weight is 285 g/mol. The number of nitrogens with zero attached hydrogens (tertiary/aromatic N) is 1. The molecule has 106 valence electrons. The quantitative estimate of drug-likeness (QED) is 0.449. The van der Waals surface area contributed by atoms with Gasteiger partial charge < -0.3 is 4.74 Å². The summed E-state index contributed by atoms with van der Waals surface area (Å²) in [4.78, 5) is 12.0. The number of carbonyl (C=O) groups is 1. The molecule has 2 rings (SSSR count). The monoisotopic (exact) mass is 285 g/mol. The van der Waals surface area contributed by atoms with Crippen LogP contribution in [0.2, 0.25) is 0 Å². The van der Waals surface area contributed by atoms with Crippen LogP contribution < -0.4 is 0 Å². The van der Waals surface area contributed by atoms with Crippen LogP contribution in [0, 0.1) is 5.92 Å². The number of carbonyl (C=O) groups excluding carboxylic acids is 1. The van der Waals surface area contributed by atoms with Gasteiger partial charge in [-0.25, -0.2) is 12.7 Å². The van der Waals surface area contributed by atoms with Gasteiger partial charge in [0, 0.05) is 0 Å². The van der Waals surface area contributed by atoms with Crippen LogP contribution in [0.25, 0.3) is 0 Å². The highest BCUT2D eigenvalue weighted by molar-refractivity contribution is 7.92. The van der Waals surface area contributed by atoms with Gasteiger partial charge in [-0.3, -0.25) is 4.79 Å². The number of amides is 1. The normalized spacial score (nSPS) is 29.3. The fraction of sp³-hybridized carbons (Fsp3) is 0.615. The number of hydrogen-bond donors (Lipinski definition) is 0. The molecule has 1 amide bonds. The Morgan fingerprint density at radius 1 is 1.47 bits per heavy atom. The van der Waals surface area contributed by atoms with Crippen molar-refractivity contribution in [3.05, 3.63) is 23.8 Å². The molecule has 2 atom stereocenters. The zero-order valence-electron chi connectivity index (χ0n) is 11.0. The lowest BCUT2D eigenvalue weighted by Crippen LogP contribution is -2.61. The van der Waals surface area contributed by atoms with E-state index < -0.39 is 10.0 Å². The molecule has 0 aromatic carbocycles. The van der Waals surface area contributed by atoms with Gasteiger partial charge in [0.2, 0.25) is 5.91 Å². The van der Waals surface area contributed by atoms with Gasteiger partial charge in [0.05, 0.1) is 30.2 Å². The molecule has 1 saturated heterocycles. The molecule has 0 bridgehead atoms. The largest absolute Gasteiger partial charge is 0.501 e. The lowest BCUT2D eigenvalue weighted by molar-refractivity contribution is -0.144. The predicted octanol–water partition coefficient (Wildman–Crippen LogP) is 1.78. The van der Waals surface area contributed by atoms with Crippen molar-refractivity contribution in [2.75, 3.05) is 6.61 Å². The second-order valence-electron chi connectivity index (χ2n) is 4.72. The van der Waals surface area contributed by atoms with Crippen LogP contribution in [0.15, 0.2) is 23.8 Å². The highest BCUT2D eigenvalue weighted by Crippen LogP contribution is 2.36. The summed E-state index contributed by atoms with van der Waals surface area (Å²) in [5.41, 5.74) is 0. The minimum atomic E-state index is -3.72. The Kier molecular flexibility index (Phi) is 4.29. The van der Waals surface area contributed by atoms with Crippen molar-refractivity contribution in [1.29, 1.82) is 0 Å². The molecule has 0 aromatic rings. The van der Waals surface area contributed by atoms with Gasteiger partial charge in [0.25, 0.3) is 10.0 Å². The second kappa shape index (κ2) is 5.77. The maximum Gasteiger partial charge on any atom is 0.263 e. The molecule has 0 aromatic heterocycles. The first-order valence-corrected chi connectivity index (χ1v) is 8.11. The van der Waals surface area contributed by atoms with Crippen LogP contribution in [-0.2, 0) is 19.6 Å². The van der Waals surface area contributed by atoms with Crippen LogP contribution >= 0.6 is 0 Å². The summed E-state index contributed by atoms with van der Waals surface area (Å²) in [6, 6.07) is -0.316. The van der Waals surface area contributed by atoms with E-state index in [2.05, 4.69) is 0 Å². The van der Waals surface area contributed by atoms with E-state index in [4.69, 9.17) is 4.74 Å². The third kappa shape index (κ3) is 2.83. The standard InChI is InChI=1S/C13H19NO4S/c1-2-18-9-10-19(16,17)14-12-8-6-4-3-5-7-11(12)13(14)15/h6,8-12H,2-5,7H2,1H3/b8-6-,10-9+. The van der Waals surface area contributed by atoms with E-state index in [9.17, 15) is 13.2 Å². The molecule has 2 unspecified atom stereocenters. The Morgan fingerprint density at radius 3 is 3.00 bits per heavy atom. The molecule has 19 heavy (non-hydrogen) atoms. The average Bonchev–Trinajstić information content (AvgIpc) is 2.32. The zero-order chi connectivity index (χ0) is 13.9. The fourth-order valence-electron chi connectivity index (χ4n) is 2.47. The van der Waals surface area contributed by atoms with Crippen molar-refractivity contribution in [2.45, 2.75) is 38.6 Å². The van der Waals surface area contributed by atoms with E-state index in [1.807, 2.05) is 12.2 Å². The molecule has 6 heteroatoms. The molecule has 0 saturated carbocycles. The first-order chi connectivity index (χ1) is 9.08. The van der Waals surface area contributed by atoms with E-state index in [0.717, 1.165) is 41.7 Å². The number of hydrogen-bond acceptors (Lipinski definition) is 4. The Bertz CT molecular complexity index is 495. The summed E-state index contributed by atoms with van der Waals surface area (Å²) in [6.07, 6.45) is 8.69. The summed E-state index contributed by atoms with van der Waals surface area (Å²) in [5, 5.41) is 0.956. The number of β-lactam (4-membered cyclic amide) rings is 1. The van der Waals surface area contributed by atoms with Gasteiger partial charge >= 0.3 is 0 Å². The molecule has 0 N–H and O–H groups in total. The first kappa shape index (κ1) is 14.1. The number of ether oxygens (including phenoxy) is 1. The summed E-state index contributed by atoms with van der Waals surface area (Å²) in [5.74, 6) is -0.468. The first-order valence-electron chi connectivity index (χ1n) is 6.61. The predicted molar refractivity (Wildman–Crippen MR) is 71.4 cm³/mol. The second-order valence-corrected chi connectivity index (χ2v) is 6.41. The van der Waals surface area contributed by atoms with Gasteiger partial charge in [-0.15, -0.1) is 0 Å². The van der Waals surface area contributed by atoms with Crippen LogP contribution in [-0.4, -0.2) is 31.3 Å². The molecule has 0 radical (unpaired) electrons. The number of rotatable bonds is 4. The summed E-state index contributed by atoms with van der Waals surface area (Å²) >= 11 is 0. The maximum absolute atomic E-state index is 12.1. The van der Waals surface area contributed by atoms with Gasteiger partial charge in [-0.1, -0.05) is 18.6 Å². The van der Waals surface area contributed by atoms with E-state index in [1.165, 1.54) is 0 Å². The van der Waals surface area contributed by atoms with Gasteiger partial charge in [-0.05, 0) is 26.2 Å². The smallest absolute Gasteiger partial charge is 0.263 e. The molecule has 1 aliphatic carbocycles. The Balaban J connectivity index is 2.16. The van der Waals surface area contributed by atoms with Crippen LogP contribution in [0.1, 0.15) is 32.6 Å². The third-order valence-electron chi connectivity index (χ3n) is 3.45. The zero-order valence-corrected chi connectivity index (χ0v) is 11.8. The molecule has 1 fully saturated rings. The van der Waals surface area contributed by atoms with Crippen molar-refractivity contribution < 1.29 is 17.9 Å². The van der Waals surface area contributed by atoms with Crippen LogP contribution in [0.3, 0.4) is 0 Å². The third-order valence-corrected chi connectivity index (χ3v) is 4.88. The Labute approximate surface area is 114 Å². The van der Waals surface area contributed by atoms with Crippen molar-refractivity contribution >= 4 is 15.9 Å².